The number of nitrogens with two attached hydrogens (primary N) is 1. The Hall–Kier alpha value is -0.650. The molecule has 0 aromatic carbocycles. The number of ether oxygens (including phenoxy) is 1. The molecule has 0 aromatic rings. The number of hydrogen-bond acceptors (Lipinski definition) is 4. The molecule has 104 valence electrons. The van der Waals surface area contributed by atoms with Gasteiger partial charge < -0.3 is 15.8 Å². The van der Waals surface area contributed by atoms with Crippen molar-refractivity contribution in [1.82, 2.24) is 10.2 Å². The average molecular weight is 255 g/mol. The van der Waals surface area contributed by atoms with E-state index in [1.807, 2.05) is 0 Å². The van der Waals surface area contributed by atoms with Crippen molar-refractivity contribution in [3.63, 3.8) is 0 Å². The standard InChI is InChI=1S/C13H25N3O2/c1-18-12-7-11(8-12)16-6-2-3-10(9-16)13(17)15-5-4-14/h10-12H,2-9,14H2,1H3,(H,15,17). The maximum absolute atomic E-state index is 11.9. The highest BCUT2D eigenvalue weighted by molar-refractivity contribution is 5.78. The van der Waals surface area contributed by atoms with Gasteiger partial charge in [-0.1, -0.05) is 0 Å². The summed E-state index contributed by atoms with van der Waals surface area (Å²) in [5.74, 6) is 0.319. The van der Waals surface area contributed by atoms with Crippen LogP contribution >= 0.6 is 0 Å². The molecule has 3 N–H and O–H groups in total. The third-order valence-corrected chi connectivity index (χ3v) is 4.19. The minimum atomic E-state index is 0.145. The molecule has 2 aliphatic rings. The number of amides is 1. The zero-order chi connectivity index (χ0) is 13.0. The van der Waals surface area contributed by atoms with Crippen molar-refractivity contribution in [2.75, 3.05) is 33.3 Å². The first kappa shape index (κ1) is 13.8. The molecular weight excluding hydrogens is 230 g/mol. The maximum atomic E-state index is 11.9. The van der Waals surface area contributed by atoms with Gasteiger partial charge in [-0.05, 0) is 32.2 Å². The molecule has 1 aliphatic heterocycles. The van der Waals surface area contributed by atoms with Crippen LogP contribution in [0.2, 0.25) is 0 Å². The molecule has 0 bridgehead atoms. The summed E-state index contributed by atoms with van der Waals surface area (Å²) < 4.78 is 5.31. The summed E-state index contributed by atoms with van der Waals surface area (Å²) in [5, 5.41) is 2.90. The van der Waals surface area contributed by atoms with E-state index in [2.05, 4.69) is 10.2 Å². The lowest BCUT2D eigenvalue weighted by Gasteiger charge is -2.45. The number of nitrogens with zero attached hydrogens (tertiary/aromatic N) is 1. The summed E-state index contributed by atoms with van der Waals surface area (Å²) in [6.07, 6.45) is 4.80. The zero-order valence-corrected chi connectivity index (χ0v) is 11.2. The van der Waals surface area contributed by atoms with Gasteiger partial charge in [0.2, 0.25) is 5.91 Å². The van der Waals surface area contributed by atoms with E-state index in [0.29, 0.717) is 25.2 Å². The van der Waals surface area contributed by atoms with E-state index < -0.39 is 0 Å². The first-order chi connectivity index (χ1) is 8.74. The number of piperidine rings is 1. The second-order valence-electron chi connectivity index (χ2n) is 5.40. The van der Waals surface area contributed by atoms with Crippen LogP contribution in [0, 0.1) is 5.92 Å². The smallest absolute Gasteiger partial charge is 0.224 e. The predicted molar refractivity (Wildman–Crippen MR) is 70.2 cm³/mol. The van der Waals surface area contributed by atoms with Crippen molar-refractivity contribution in [3.05, 3.63) is 0 Å². The zero-order valence-electron chi connectivity index (χ0n) is 11.2. The van der Waals surface area contributed by atoms with Crippen molar-refractivity contribution in [1.29, 1.82) is 0 Å². The van der Waals surface area contributed by atoms with Crippen LogP contribution in [0.5, 0.6) is 0 Å². The minimum absolute atomic E-state index is 0.145. The quantitative estimate of drug-likeness (QED) is 0.723. The Kier molecular flexibility index (Phi) is 4.97. The van der Waals surface area contributed by atoms with E-state index in [-0.39, 0.29) is 11.8 Å². The van der Waals surface area contributed by atoms with Crippen LogP contribution in [0.1, 0.15) is 25.7 Å². The molecule has 1 heterocycles. The predicted octanol–water partition coefficient (Wildman–Crippen LogP) is -0.0493. The van der Waals surface area contributed by atoms with Crippen molar-refractivity contribution >= 4 is 5.91 Å². The van der Waals surface area contributed by atoms with Gasteiger partial charge in [-0.15, -0.1) is 0 Å². The van der Waals surface area contributed by atoms with Crippen molar-refractivity contribution in [3.8, 4) is 0 Å². The van der Waals surface area contributed by atoms with Gasteiger partial charge in [0.25, 0.3) is 0 Å². The molecule has 5 nitrogen and oxygen atoms in total. The molecule has 1 aliphatic carbocycles. The molecule has 1 atom stereocenters. The molecule has 0 spiro atoms. The van der Waals surface area contributed by atoms with E-state index in [1.165, 1.54) is 0 Å². The van der Waals surface area contributed by atoms with Gasteiger partial charge >= 0.3 is 0 Å². The Morgan fingerprint density at radius 3 is 2.94 bits per heavy atom. The summed E-state index contributed by atoms with van der Waals surface area (Å²) in [6, 6.07) is 0.625. The number of rotatable bonds is 5. The fraction of sp³-hybridized carbons (Fsp3) is 0.923. The minimum Gasteiger partial charge on any atom is -0.381 e. The molecule has 1 amide bonds. The topological polar surface area (TPSA) is 67.6 Å². The van der Waals surface area contributed by atoms with Crippen LogP contribution in [0.15, 0.2) is 0 Å². The number of nitrogens with one attached hydrogen (secondary N) is 1. The monoisotopic (exact) mass is 255 g/mol. The fourth-order valence-corrected chi connectivity index (χ4v) is 2.92. The molecule has 1 unspecified atom stereocenters. The molecule has 1 saturated heterocycles. The van der Waals surface area contributed by atoms with Crippen molar-refractivity contribution < 1.29 is 9.53 Å². The van der Waals surface area contributed by atoms with Gasteiger partial charge in [-0.25, -0.2) is 0 Å². The Morgan fingerprint density at radius 2 is 2.28 bits per heavy atom. The number of carbonyl (C=O) groups excluding carboxylic acids is 1. The van der Waals surface area contributed by atoms with Crippen LogP contribution in [-0.2, 0) is 9.53 Å². The van der Waals surface area contributed by atoms with Gasteiger partial charge in [-0.2, -0.15) is 0 Å². The second-order valence-corrected chi connectivity index (χ2v) is 5.40. The Balaban J connectivity index is 1.76. The second kappa shape index (κ2) is 6.50. The van der Waals surface area contributed by atoms with E-state index >= 15 is 0 Å². The third-order valence-electron chi connectivity index (χ3n) is 4.19. The summed E-state index contributed by atoms with van der Waals surface area (Å²) >= 11 is 0. The lowest BCUT2D eigenvalue weighted by Crippen LogP contribution is -2.53. The van der Waals surface area contributed by atoms with E-state index in [1.54, 1.807) is 7.11 Å². The van der Waals surface area contributed by atoms with Gasteiger partial charge in [0.1, 0.15) is 0 Å². The van der Waals surface area contributed by atoms with Crippen molar-refractivity contribution in [2.45, 2.75) is 37.8 Å². The first-order valence-corrected chi connectivity index (χ1v) is 6.99. The van der Waals surface area contributed by atoms with Crippen LogP contribution in [0.4, 0.5) is 0 Å². The maximum Gasteiger partial charge on any atom is 0.224 e. The highest BCUT2D eigenvalue weighted by atomic mass is 16.5. The normalized spacial score (nSPS) is 32.9. The van der Waals surface area contributed by atoms with Gasteiger partial charge in [-0.3, -0.25) is 9.69 Å². The highest BCUT2D eigenvalue weighted by Crippen LogP contribution is 2.31. The summed E-state index contributed by atoms with van der Waals surface area (Å²) in [5.41, 5.74) is 5.40. The van der Waals surface area contributed by atoms with Crippen LogP contribution < -0.4 is 11.1 Å². The number of hydrogen-bond donors (Lipinski definition) is 2. The third kappa shape index (κ3) is 3.22. The van der Waals surface area contributed by atoms with Gasteiger partial charge in [0.05, 0.1) is 12.0 Å². The lowest BCUT2D eigenvalue weighted by atomic mass is 9.85. The Labute approximate surface area is 109 Å². The van der Waals surface area contributed by atoms with Crippen molar-refractivity contribution in [2.24, 2.45) is 11.7 Å². The summed E-state index contributed by atoms with van der Waals surface area (Å²) in [6.45, 7) is 3.13. The largest absolute Gasteiger partial charge is 0.381 e. The summed E-state index contributed by atoms with van der Waals surface area (Å²) in [7, 11) is 1.78. The summed E-state index contributed by atoms with van der Waals surface area (Å²) in [4.78, 5) is 14.4. The molecular formula is C13H25N3O2. The molecule has 0 aromatic heterocycles. The molecule has 0 radical (unpaired) electrons. The van der Waals surface area contributed by atoms with E-state index in [4.69, 9.17) is 10.5 Å². The van der Waals surface area contributed by atoms with Gasteiger partial charge in [0, 0.05) is 32.8 Å². The molecule has 1 saturated carbocycles. The average Bonchev–Trinajstić information content (AvgIpc) is 2.35. The fourth-order valence-electron chi connectivity index (χ4n) is 2.92. The lowest BCUT2D eigenvalue weighted by molar-refractivity contribution is -0.127. The Bertz CT molecular complexity index is 279. The van der Waals surface area contributed by atoms with Crippen LogP contribution in [-0.4, -0.2) is 56.2 Å². The van der Waals surface area contributed by atoms with Gasteiger partial charge in [0.15, 0.2) is 0 Å². The molecule has 2 rings (SSSR count). The molecule has 18 heavy (non-hydrogen) atoms. The molecule has 5 heteroatoms. The molecule has 2 fully saturated rings. The van der Waals surface area contributed by atoms with Crippen LogP contribution in [0.25, 0.3) is 0 Å². The highest BCUT2D eigenvalue weighted by Gasteiger charge is 2.37. The number of methoxy groups -OCH3 is 1. The van der Waals surface area contributed by atoms with Crippen LogP contribution in [0.3, 0.4) is 0 Å². The Morgan fingerprint density at radius 1 is 1.50 bits per heavy atom. The SMILES string of the molecule is COC1CC(N2CCCC(C(=O)NCCN)C2)C1. The van der Waals surface area contributed by atoms with E-state index in [0.717, 1.165) is 38.8 Å². The number of likely N-dealkylation sites (tertiary alicyclic amines) is 1. The van der Waals surface area contributed by atoms with E-state index in [9.17, 15) is 4.79 Å². The number of carbonyl (C=O) groups is 1. The first-order valence-electron chi connectivity index (χ1n) is 6.99.